The highest BCUT2D eigenvalue weighted by Gasteiger charge is 2.30. The zero-order valence-electron chi connectivity index (χ0n) is 13.3. The van der Waals surface area contributed by atoms with Crippen LogP contribution >= 0.6 is 0 Å². The first-order chi connectivity index (χ1) is 10.5. The van der Waals surface area contributed by atoms with Gasteiger partial charge >= 0.3 is 0 Å². The van der Waals surface area contributed by atoms with E-state index in [1.165, 1.54) is 6.42 Å². The predicted octanol–water partition coefficient (Wildman–Crippen LogP) is 2.47. The molecule has 0 bridgehead atoms. The number of rotatable bonds is 3. The first kappa shape index (κ1) is 15.6. The van der Waals surface area contributed by atoms with Crippen molar-refractivity contribution >= 4 is 15.7 Å². The van der Waals surface area contributed by atoms with Gasteiger partial charge in [-0.3, -0.25) is 0 Å². The fourth-order valence-electron chi connectivity index (χ4n) is 3.30. The number of nitrogens with zero attached hydrogens (tertiary/aromatic N) is 2. The molecule has 1 heterocycles. The van der Waals surface area contributed by atoms with Crippen LogP contribution in [0.1, 0.15) is 32.1 Å². The van der Waals surface area contributed by atoms with Crippen LogP contribution < -0.4 is 9.64 Å². The van der Waals surface area contributed by atoms with Gasteiger partial charge in [-0.05, 0) is 31.0 Å². The predicted molar refractivity (Wildman–Crippen MR) is 87.0 cm³/mol. The molecule has 0 N–H and O–H groups in total. The van der Waals surface area contributed by atoms with E-state index in [1.807, 2.05) is 11.9 Å². The Morgan fingerprint density at radius 2 is 1.95 bits per heavy atom. The molecule has 1 saturated carbocycles. The zero-order chi connectivity index (χ0) is 15.7. The first-order valence-corrected chi connectivity index (χ1v) is 9.40. The van der Waals surface area contributed by atoms with E-state index >= 15 is 0 Å². The van der Waals surface area contributed by atoms with Crippen molar-refractivity contribution in [2.75, 3.05) is 32.1 Å². The molecular formula is C16H24N2O3S. The van der Waals surface area contributed by atoms with Crippen LogP contribution in [-0.2, 0) is 10.0 Å². The van der Waals surface area contributed by atoms with Gasteiger partial charge in [0, 0.05) is 20.1 Å². The van der Waals surface area contributed by atoms with Gasteiger partial charge in [0.05, 0.1) is 17.1 Å². The normalized spacial score (nSPS) is 19.9. The van der Waals surface area contributed by atoms with Gasteiger partial charge in [0.1, 0.15) is 12.4 Å². The molecule has 0 unspecified atom stereocenters. The molecule has 1 aliphatic carbocycles. The van der Waals surface area contributed by atoms with Crippen LogP contribution in [0.3, 0.4) is 0 Å². The van der Waals surface area contributed by atoms with Crippen molar-refractivity contribution in [2.24, 2.45) is 0 Å². The number of fused-ring (bicyclic) bond motifs is 1. The third-order valence-corrected chi connectivity index (χ3v) is 6.70. The van der Waals surface area contributed by atoms with E-state index in [9.17, 15) is 8.42 Å². The lowest BCUT2D eigenvalue weighted by molar-refractivity contribution is 0.285. The van der Waals surface area contributed by atoms with Crippen molar-refractivity contribution in [1.29, 1.82) is 0 Å². The average molecular weight is 324 g/mol. The lowest BCUT2D eigenvalue weighted by atomic mass is 9.96. The molecular weight excluding hydrogens is 300 g/mol. The Kier molecular flexibility index (Phi) is 4.32. The molecule has 1 aromatic carbocycles. The van der Waals surface area contributed by atoms with Gasteiger partial charge in [0.25, 0.3) is 0 Å². The van der Waals surface area contributed by atoms with E-state index in [0.717, 1.165) is 43.7 Å². The summed E-state index contributed by atoms with van der Waals surface area (Å²) in [5, 5.41) is 0. The molecule has 5 nitrogen and oxygen atoms in total. The van der Waals surface area contributed by atoms with E-state index in [-0.39, 0.29) is 6.04 Å². The third kappa shape index (κ3) is 2.82. The Balaban J connectivity index is 1.90. The number of sulfonamides is 1. The van der Waals surface area contributed by atoms with Crippen molar-refractivity contribution in [3.63, 3.8) is 0 Å². The van der Waals surface area contributed by atoms with Crippen LogP contribution in [0.4, 0.5) is 5.69 Å². The Morgan fingerprint density at radius 1 is 1.23 bits per heavy atom. The fraction of sp³-hybridized carbons (Fsp3) is 0.625. The Morgan fingerprint density at radius 3 is 2.68 bits per heavy atom. The number of anilines is 1. The Hall–Kier alpha value is -1.27. The van der Waals surface area contributed by atoms with Crippen molar-refractivity contribution in [1.82, 2.24) is 4.31 Å². The monoisotopic (exact) mass is 324 g/mol. The van der Waals surface area contributed by atoms with Crippen LogP contribution in [0.5, 0.6) is 5.75 Å². The standard InChI is InChI=1S/C16H24N2O3S/c1-17-10-11-21-16-9-8-14(12-15(16)17)22(19,20)18(2)13-6-4-3-5-7-13/h8-9,12-13H,3-7,10-11H2,1-2H3. The Labute approximate surface area is 132 Å². The molecule has 0 saturated heterocycles. The van der Waals surface area contributed by atoms with Crippen molar-refractivity contribution in [3.05, 3.63) is 18.2 Å². The van der Waals surface area contributed by atoms with Crippen molar-refractivity contribution < 1.29 is 13.2 Å². The van der Waals surface area contributed by atoms with E-state index in [0.29, 0.717) is 11.5 Å². The molecule has 1 fully saturated rings. The minimum absolute atomic E-state index is 0.128. The molecule has 0 aromatic heterocycles. The summed E-state index contributed by atoms with van der Waals surface area (Å²) in [4.78, 5) is 2.40. The molecule has 3 rings (SSSR count). The zero-order valence-corrected chi connectivity index (χ0v) is 14.1. The summed E-state index contributed by atoms with van der Waals surface area (Å²) in [5.41, 5.74) is 0.851. The molecule has 0 amide bonds. The number of hydrogen-bond acceptors (Lipinski definition) is 4. The van der Waals surface area contributed by atoms with Crippen molar-refractivity contribution in [2.45, 2.75) is 43.0 Å². The molecule has 0 radical (unpaired) electrons. The van der Waals surface area contributed by atoms with E-state index in [2.05, 4.69) is 0 Å². The van der Waals surface area contributed by atoms with Gasteiger partial charge in [-0.2, -0.15) is 4.31 Å². The number of hydrogen-bond donors (Lipinski definition) is 0. The topological polar surface area (TPSA) is 49.9 Å². The quantitative estimate of drug-likeness (QED) is 0.857. The average Bonchev–Trinajstić information content (AvgIpc) is 2.55. The molecule has 122 valence electrons. The highest BCUT2D eigenvalue weighted by molar-refractivity contribution is 7.89. The maximum absolute atomic E-state index is 12.9. The molecule has 6 heteroatoms. The maximum Gasteiger partial charge on any atom is 0.243 e. The highest BCUT2D eigenvalue weighted by atomic mass is 32.2. The van der Waals surface area contributed by atoms with Crippen molar-refractivity contribution in [3.8, 4) is 5.75 Å². The minimum Gasteiger partial charge on any atom is -0.490 e. The van der Waals surface area contributed by atoms with Gasteiger partial charge in [-0.1, -0.05) is 19.3 Å². The molecule has 0 atom stereocenters. The van der Waals surface area contributed by atoms with Gasteiger partial charge < -0.3 is 9.64 Å². The summed E-state index contributed by atoms with van der Waals surface area (Å²) >= 11 is 0. The first-order valence-electron chi connectivity index (χ1n) is 7.96. The van der Waals surface area contributed by atoms with E-state index < -0.39 is 10.0 Å². The van der Waals surface area contributed by atoms with Crippen LogP contribution in [0, 0.1) is 0 Å². The molecule has 0 spiro atoms. The molecule has 1 aromatic rings. The van der Waals surface area contributed by atoms with Crippen LogP contribution in [0.2, 0.25) is 0 Å². The highest BCUT2D eigenvalue weighted by Crippen LogP contribution is 2.34. The van der Waals surface area contributed by atoms with Crippen LogP contribution in [-0.4, -0.2) is 46.0 Å². The van der Waals surface area contributed by atoms with Gasteiger partial charge in [0.15, 0.2) is 0 Å². The summed E-state index contributed by atoms with van der Waals surface area (Å²) in [6, 6.07) is 5.30. The van der Waals surface area contributed by atoms with E-state index in [1.54, 1.807) is 29.6 Å². The Bertz CT molecular complexity index is 639. The van der Waals surface area contributed by atoms with Gasteiger partial charge in [0.2, 0.25) is 10.0 Å². The summed E-state index contributed by atoms with van der Waals surface area (Å²) in [6.45, 7) is 1.41. The van der Waals surface area contributed by atoms with Gasteiger partial charge in [-0.15, -0.1) is 0 Å². The molecule has 2 aliphatic rings. The second-order valence-corrected chi connectivity index (χ2v) is 8.21. The fourth-order valence-corrected chi connectivity index (χ4v) is 4.73. The lowest BCUT2D eigenvalue weighted by Gasteiger charge is -2.31. The van der Waals surface area contributed by atoms with Gasteiger partial charge in [-0.25, -0.2) is 8.42 Å². The van der Waals surface area contributed by atoms with Crippen LogP contribution in [0.15, 0.2) is 23.1 Å². The third-order valence-electron chi connectivity index (χ3n) is 4.79. The minimum atomic E-state index is -3.44. The maximum atomic E-state index is 12.9. The number of likely N-dealkylation sites (N-methyl/N-ethyl adjacent to an activating group) is 1. The second-order valence-electron chi connectivity index (χ2n) is 6.21. The molecule has 1 aliphatic heterocycles. The summed E-state index contributed by atoms with van der Waals surface area (Å²) in [6.07, 6.45) is 5.37. The summed E-state index contributed by atoms with van der Waals surface area (Å²) in [7, 11) is 0.230. The lowest BCUT2D eigenvalue weighted by Crippen LogP contribution is -2.38. The number of benzene rings is 1. The smallest absolute Gasteiger partial charge is 0.243 e. The molecule has 22 heavy (non-hydrogen) atoms. The SMILES string of the molecule is CN1CCOc2ccc(S(=O)(=O)N(C)C3CCCCC3)cc21. The number of ether oxygens (including phenoxy) is 1. The van der Waals surface area contributed by atoms with E-state index in [4.69, 9.17) is 4.74 Å². The second kappa shape index (κ2) is 6.08. The largest absolute Gasteiger partial charge is 0.490 e. The van der Waals surface area contributed by atoms with Crippen LogP contribution in [0.25, 0.3) is 0 Å². The summed E-state index contributed by atoms with van der Waals surface area (Å²) in [5.74, 6) is 0.757. The summed E-state index contributed by atoms with van der Waals surface area (Å²) < 4.78 is 32.9.